The predicted octanol–water partition coefficient (Wildman–Crippen LogP) is 14.2. The summed E-state index contributed by atoms with van der Waals surface area (Å²) in [5, 5.41) is 7.34. The van der Waals surface area contributed by atoms with Crippen molar-refractivity contribution in [2.45, 2.75) is 0 Å². The molecule has 266 valence electrons. The largest absolute Gasteiger partial charge is 0.309 e. The summed E-state index contributed by atoms with van der Waals surface area (Å²) in [6, 6.07) is 75.8. The van der Waals surface area contributed by atoms with Crippen molar-refractivity contribution in [3.63, 3.8) is 0 Å². The second-order valence-electron chi connectivity index (χ2n) is 14.6. The van der Waals surface area contributed by atoms with Gasteiger partial charge in [0, 0.05) is 33.2 Å². The molecule has 0 saturated carbocycles. The van der Waals surface area contributed by atoms with E-state index in [9.17, 15) is 0 Å². The number of nitrogens with zero attached hydrogens (tertiary/aromatic N) is 3. The van der Waals surface area contributed by atoms with E-state index in [-0.39, 0.29) is 0 Å². The van der Waals surface area contributed by atoms with Crippen molar-refractivity contribution in [1.29, 1.82) is 0 Å². The van der Waals surface area contributed by atoms with Gasteiger partial charge >= 0.3 is 0 Å². The highest BCUT2D eigenvalue weighted by Crippen LogP contribution is 2.40. The zero-order valence-electron chi connectivity index (χ0n) is 31.0. The molecule has 0 fully saturated rings. The Balaban J connectivity index is 1.20. The lowest BCUT2D eigenvalue weighted by atomic mass is 9.92. The van der Waals surface area contributed by atoms with Crippen LogP contribution < -0.4 is 0 Å². The van der Waals surface area contributed by atoms with Gasteiger partial charge in [-0.1, -0.05) is 164 Å². The normalized spacial score (nSPS) is 11.5. The smallest absolute Gasteiger partial charge is 0.160 e. The molecular formula is C54H35N3. The monoisotopic (exact) mass is 725 g/mol. The van der Waals surface area contributed by atoms with Crippen molar-refractivity contribution in [1.82, 2.24) is 14.5 Å². The SMILES string of the molecule is c1ccc(-c2cccc(-c3cc(-c4ccccc4)nc(-c4cc(-c5cc6ccccc6c6ccccc56)cc(-n5c6ccccc6c6ccccc65)c4)n3)c2)cc1. The van der Waals surface area contributed by atoms with Crippen LogP contribution in [-0.4, -0.2) is 14.5 Å². The molecule has 0 amide bonds. The Morgan fingerprint density at radius 2 is 0.807 bits per heavy atom. The summed E-state index contributed by atoms with van der Waals surface area (Å²) in [7, 11) is 0. The number of para-hydroxylation sites is 2. The van der Waals surface area contributed by atoms with E-state index in [1.165, 1.54) is 43.4 Å². The Kier molecular flexibility index (Phi) is 7.82. The summed E-state index contributed by atoms with van der Waals surface area (Å²) in [5.41, 5.74) is 12.7. The molecular weight excluding hydrogens is 691 g/mol. The molecule has 2 aromatic heterocycles. The van der Waals surface area contributed by atoms with Gasteiger partial charge in [0.05, 0.1) is 22.4 Å². The molecule has 0 bridgehead atoms. The lowest BCUT2D eigenvalue weighted by Crippen LogP contribution is -1.99. The number of fused-ring (bicyclic) bond motifs is 6. The lowest BCUT2D eigenvalue weighted by Gasteiger charge is -2.16. The van der Waals surface area contributed by atoms with Gasteiger partial charge in [-0.25, -0.2) is 9.97 Å². The van der Waals surface area contributed by atoms with Crippen molar-refractivity contribution in [2.75, 3.05) is 0 Å². The van der Waals surface area contributed by atoms with Crippen LogP contribution >= 0.6 is 0 Å². The van der Waals surface area contributed by atoms with E-state index in [2.05, 4.69) is 211 Å². The first-order valence-corrected chi connectivity index (χ1v) is 19.4. The van der Waals surface area contributed by atoms with E-state index in [0.29, 0.717) is 5.82 Å². The molecule has 0 aliphatic rings. The summed E-state index contributed by atoms with van der Waals surface area (Å²) in [6.07, 6.45) is 0. The summed E-state index contributed by atoms with van der Waals surface area (Å²) in [6.45, 7) is 0. The first-order valence-electron chi connectivity index (χ1n) is 19.4. The molecule has 11 aromatic rings. The minimum Gasteiger partial charge on any atom is -0.309 e. The van der Waals surface area contributed by atoms with Crippen molar-refractivity contribution >= 4 is 43.4 Å². The summed E-state index contributed by atoms with van der Waals surface area (Å²) in [5.74, 6) is 0.672. The number of hydrogen-bond donors (Lipinski definition) is 0. The molecule has 2 heterocycles. The molecule has 0 radical (unpaired) electrons. The second-order valence-corrected chi connectivity index (χ2v) is 14.6. The summed E-state index contributed by atoms with van der Waals surface area (Å²) < 4.78 is 2.40. The maximum atomic E-state index is 5.41. The Hall–Kier alpha value is -7.62. The van der Waals surface area contributed by atoms with Crippen LogP contribution in [0, 0.1) is 0 Å². The van der Waals surface area contributed by atoms with Gasteiger partial charge in [-0.15, -0.1) is 0 Å². The van der Waals surface area contributed by atoms with E-state index in [1.807, 2.05) is 6.07 Å². The maximum Gasteiger partial charge on any atom is 0.160 e. The molecule has 0 spiro atoms. The molecule has 11 rings (SSSR count). The molecule has 0 atom stereocenters. The average molecular weight is 726 g/mol. The van der Waals surface area contributed by atoms with Crippen LogP contribution in [0.3, 0.4) is 0 Å². The summed E-state index contributed by atoms with van der Waals surface area (Å²) in [4.78, 5) is 10.8. The van der Waals surface area contributed by atoms with Crippen LogP contribution in [0.5, 0.6) is 0 Å². The van der Waals surface area contributed by atoms with E-state index in [4.69, 9.17) is 9.97 Å². The van der Waals surface area contributed by atoms with Gasteiger partial charge in [-0.3, -0.25) is 0 Å². The fourth-order valence-electron chi connectivity index (χ4n) is 8.49. The van der Waals surface area contributed by atoms with Gasteiger partial charge in [-0.05, 0) is 92.3 Å². The van der Waals surface area contributed by atoms with Crippen molar-refractivity contribution in [2.24, 2.45) is 0 Å². The van der Waals surface area contributed by atoms with Crippen LogP contribution in [0.4, 0.5) is 0 Å². The lowest BCUT2D eigenvalue weighted by molar-refractivity contribution is 1.16. The standard InChI is InChI=1S/C54H35N3/c1-3-16-36(17-4-1)38-21-15-22-40(30-38)51-35-50(37-18-5-2-6-19-37)55-54(56-51)42-31-41(49-34-39-20-7-8-23-44(39)45-24-9-10-25-46(45)49)32-43(33-42)57-52-28-13-11-26-47(52)48-27-12-14-29-53(48)57/h1-35H. The molecule has 0 N–H and O–H groups in total. The van der Waals surface area contributed by atoms with Crippen molar-refractivity contribution in [3.8, 4) is 61.8 Å². The van der Waals surface area contributed by atoms with Crippen molar-refractivity contribution < 1.29 is 0 Å². The number of benzene rings is 9. The Labute approximate surface area is 330 Å². The van der Waals surface area contributed by atoms with Gasteiger partial charge < -0.3 is 4.57 Å². The van der Waals surface area contributed by atoms with Gasteiger partial charge in [0.2, 0.25) is 0 Å². The van der Waals surface area contributed by atoms with Gasteiger partial charge in [0.25, 0.3) is 0 Å². The topological polar surface area (TPSA) is 30.7 Å². The number of rotatable bonds is 6. The van der Waals surface area contributed by atoms with Crippen LogP contribution in [-0.2, 0) is 0 Å². The highest BCUT2D eigenvalue weighted by atomic mass is 15.0. The quantitative estimate of drug-likeness (QED) is 0.160. The van der Waals surface area contributed by atoms with Crippen LogP contribution in [0.2, 0.25) is 0 Å². The molecule has 3 heteroatoms. The highest BCUT2D eigenvalue weighted by Gasteiger charge is 2.18. The van der Waals surface area contributed by atoms with E-state index in [0.717, 1.165) is 55.9 Å². The fourth-order valence-corrected chi connectivity index (χ4v) is 8.49. The first kappa shape index (κ1) is 32.8. The van der Waals surface area contributed by atoms with Gasteiger partial charge in [0.15, 0.2) is 5.82 Å². The van der Waals surface area contributed by atoms with Gasteiger partial charge in [0.1, 0.15) is 0 Å². The highest BCUT2D eigenvalue weighted by molar-refractivity contribution is 6.14. The fraction of sp³-hybridized carbons (Fsp3) is 0. The van der Waals surface area contributed by atoms with Crippen LogP contribution in [0.15, 0.2) is 212 Å². The second kappa shape index (κ2) is 13.6. The maximum absolute atomic E-state index is 5.41. The molecule has 3 nitrogen and oxygen atoms in total. The Morgan fingerprint density at radius 3 is 1.53 bits per heavy atom. The predicted molar refractivity (Wildman–Crippen MR) is 239 cm³/mol. The Morgan fingerprint density at radius 1 is 0.298 bits per heavy atom. The average Bonchev–Trinajstić information content (AvgIpc) is 3.63. The van der Waals surface area contributed by atoms with E-state index < -0.39 is 0 Å². The first-order chi connectivity index (χ1) is 28.2. The number of hydrogen-bond acceptors (Lipinski definition) is 2. The van der Waals surface area contributed by atoms with Crippen LogP contribution in [0.25, 0.3) is 105 Å². The Bertz CT molecular complexity index is 3240. The minimum atomic E-state index is 0.672. The minimum absolute atomic E-state index is 0.672. The van der Waals surface area contributed by atoms with Gasteiger partial charge in [-0.2, -0.15) is 0 Å². The van der Waals surface area contributed by atoms with E-state index >= 15 is 0 Å². The molecule has 57 heavy (non-hydrogen) atoms. The third kappa shape index (κ3) is 5.76. The van der Waals surface area contributed by atoms with Crippen LogP contribution in [0.1, 0.15) is 0 Å². The molecule has 0 aliphatic carbocycles. The molecule has 0 aliphatic heterocycles. The molecule has 9 aromatic carbocycles. The van der Waals surface area contributed by atoms with Crippen molar-refractivity contribution in [3.05, 3.63) is 212 Å². The number of aromatic nitrogens is 3. The zero-order chi connectivity index (χ0) is 37.7. The van der Waals surface area contributed by atoms with E-state index in [1.54, 1.807) is 0 Å². The zero-order valence-corrected chi connectivity index (χ0v) is 31.0. The third-order valence-electron chi connectivity index (χ3n) is 11.2. The summed E-state index contributed by atoms with van der Waals surface area (Å²) >= 11 is 0. The molecule has 0 unspecified atom stereocenters. The third-order valence-corrected chi connectivity index (χ3v) is 11.2. The molecule has 0 saturated heterocycles.